The van der Waals surface area contributed by atoms with Crippen molar-refractivity contribution >= 4 is 11.7 Å². The van der Waals surface area contributed by atoms with E-state index in [0.717, 1.165) is 6.07 Å². The topological polar surface area (TPSA) is 49.3 Å². The summed E-state index contributed by atoms with van der Waals surface area (Å²) >= 11 is 0. The van der Waals surface area contributed by atoms with Crippen molar-refractivity contribution in [1.29, 1.82) is 0 Å². The van der Waals surface area contributed by atoms with E-state index in [0.29, 0.717) is 5.69 Å². The number of aromatic carboxylic acids is 1. The number of nitrogens with one attached hydrogen (secondary N) is 1. The van der Waals surface area contributed by atoms with E-state index in [4.69, 9.17) is 5.11 Å². The van der Waals surface area contributed by atoms with Crippen LogP contribution >= 0.6 is 0 Å². The van der Waals surface area contributed by atoms with Crippen LogP contribution in [0, 0.1) is 0 Å². The van der Waals surface area contributed by atoms with Crippen molar-refractivity contribution in [2.45, 2.75) is 12.7 Å². The molecule has 2 aromatic rings. The molecule has 21 heavy (non-hydrogen) atoms. The van der Waals surface area contributed by atoms with E-state index in [9.17, 15) is 18.0 Å². The minimum absolute atomic E-state index is 0.0429. The van der Waals surface area contributed by atoms with Crippen molar-refractivity contribution in [3.63, 3.8) is 0 Å². The Morgan fingerprint density at radius 2 is 1.81 bits per heavy atom. The zero-order chi connectivity index (χ0) is 15.5. The van der Waals surface area contributed by atoms with Crippen LogP contribution in [0.3, 0.4) is 0 Å². The highest BCUT2D eigenvalue weighted by atomic mass is 19.4. The van der Waals surface area contributed by atoms with Crippen LogP contribution in [-0.2, 0) is 12.7 Å². The highest BCUT2D eigenvalue weighted by molar-refractivity contribution is 5.88. The smallest absolute Gasteiger partial charge is 0.416 e. The summed E-state index contributed by atoms with van der Waals surface area (Å²) in [5.74, 6) is -1.09. The second-order valence-electron chi connectivity index (χ2n) is 4.39. The number of benzene rings is 2. The first-order valence-corrected chi connectivity index (χ1v) is 6.10. The highest BCUT2D eigenvalue weighted by Crippen LogP contribution is 2.32. The minimum Gasteiger partial charge on any atom is -0.478 e. The fraction of sp³-hybridized carbons (Fsp3) is 0.133. The summed E-state index contributed by atoms with van der Waals surface area (Å²) in [5.41, 5.74) is -0.0754. The van der Waals surface area contributed by atoms with Gasteiger partial charge in [-0.15, -0.1) is 0 Å². The van der Waals surface area contributed by atoms with Gasteiger partial charge in [0.1, 0.15) is 0 Å². The first-order chi connectivity index (χ1) is 9.88. The van der Waals surface area contributed by atoms with Gasteiger partial charge in [0.15, 0.2) is 0 Å². The van der Waals surface area contributed by atoms with Crippen LogP contribution in [0.5, 0.6) is 0 Å². The van der Waals surface area contributed by atoms with E-state index in [1.807, 2.05) is 0 Å². The molecule has 2 N–H and O–H groups in total. The molecule has 0 atom stereocenters. The van der Waals surface area contributed by atoms with Crippen LogP contribution in [0.2, 0.25) is 0 Å². The number of carbonyl (C=O) groups is 1. The molecule has 0 aliphatic heterocycles. The maximum absolute atomic E-state index is 12.8. The molecule has 0 bridgehead atoms. The Balaban J connectivity index is 2.17. The van der Waals surface area contributed by atoms with Gasteiger partial charge in [0.05, 0.1) is 11.1 Å². The van der Waals surface area contributed by atoms with Crippen molar-refractivity contribution in [3.8, 4) is 0 Å². The average Bonchev–Trinajstić information content (AvgIpc) is 2.45. The van der Waals surface area contributed by atoms with Crippen LogP contribution in [0.25, 0.3) is 0 Å². The molecule has 0 aliphatic carbocycles. The largest absolute Gasteiger partial charge is 0.478 e. The summed E-state index contributed by atoms with van der Waals surface area (Å²) in [5, 5.41) is 11.7. The predicted octanol–water partition coefficient (Wildman–Crippen LogP) is 4.02. The lowest BCUT2D eigenvalue weighted by Gasteiger charge is -2.14. The Hall–Kier alpha value is -2.50. The quantitative estimate of drug-likeness (QED) is 0.895. The molecule has 0 unspecified atom stereocenters. The van der Waals surface area contributed by atoms with Crippen LogP contribution in [0.15, 0.2) is 48.5 Å². The molecule has 0 aliphatic rings. The second kappa shape index (κ2) is 5.87. The predicted molar refractivity (Wildman–Crippen MR) is 72.2 cm³/mol. The number of hydrogen-bond acceptors (Lipinski definition) is 2. The van der Waals surface area contributed by atoms with Crippen LogP contribution in [0.1, 0.15) is 21.5 Å². The van der Waals surface area contributed by atoms with Gasteiger partial charge in [0.25, 0.3) is 0 Å². The number of carboxylic acids is 1. The summed E-state index contributed by atoms with van der Waals surface area (Å²) in [7, 11) is 0. The SMILES string of the molecule is O=C(O)c1cccc(NCc2ccccc2C(F)(F)F)c1. The Morgan fingerprint density at radius 1 is 1.10 bits per heavy atom. The molecule has 0 spiro atoms. The van der Waals surface area contributed by atoms with Gasteiger partial charge in [-0.1, -0.05) is 24.3 Å². The number of hydrogen-bond donors (Lipinski definition) is 2. The van der Waals surface area contributed by atoms with Gasteiger partial charge in [-0.25, -0.2) is 4.79 Å². The first-order valence-electron chi connectivity index (χ1n) is 6.10. The van der Waals surface area contributed by atoms with E-state index in [2.05, 4.69) is 5.32 Å². The zero-order valence-corrected chi connectivity index (χ0v) is 10.8. The minimum atomic E-state index is -4.42. The third-order valence-corrected chi connectivity index (χ3v) is 2.92. The summed E-state index contributed by atoms with van der Waals surface area (Å²) < 4.78 is 38.5. The molecule has 0 amide bonds. The van der Waals surface area contributed by atoms with E-state index < -0.39 is 17.7 Å². The molecular formula is C15H12F3NO2. The van der Waals surface area contributed by atoms with Gasteiger partial charge in [-0.2, -0.15) is 13.2 Å². The van der Waals surface area contributed by atoms with Crippen molar-refractivity contribution in [3.05, 3.63) is 65.2 Å². The maximum Gasteiger partial charge on any atom is 0.416 e. The molecule has 110 valence electrons. The summed E-state index contributed by atoms with van der Waals surface area (Å²) in [6.07, 6.45) is -4.42. The Kier molecular flexibility index (Phi) is 4.16. The molecule has 2 rings (SSSR count). The molecule has 6 heteroatoms. The van der Waals surface area contributed by atoms with Crippen molar-refractivity contribution < 1.29 is 23.1 Å². The number of carboxylic acid groups (broad SMARTS) is 1. The van der Waals surface area contributed by atoms with Gasteiger partial charge in [-0.05, 0) is 29.8 Å². The van der Waals surface area contributed by atoms with Crippen molar-refractivity contribution in [1.82, 2.24) is 0 Å². The van der Waals surface area contributed by atoms with E-state index in [1.54, 1.807) is 6.07 Å². The third kappa shape index (κ3) is 3.75. The summed E-state index contributed by atoms with van der Waals surface area (Å²) in [6, 6.07) is 11.2. The summed E-state index contributed by atoms with van der Waals surface area (Å²) in [4.78, 5) is 10.8. The molecule has 0 radical (unpaired) electrons. The third-order valence-electron chi connectivity index (χ3n) is 2.92. The number of anilines is 1. The van der Waals surface area contributed by atoms with Gasteiger partial charge >= 0.3 is 12.1 Å². The molecular weight excluding hydrogens is 283 g/mol. The Bertz CT molecular complexity index is 653. The molecule has 3 nitrogen and oxygen atoms in total. The fourth-order valence-corrected chi connectivity index (χ4v) is 1.91. The normalized spacial score (nSPS) is 11.2. The molecule has 0 fully saturated rings. The fourth-order valence-electron chi connectivity index (χ4n) is 1.91. The Morgan fingerprint density at radius 3 is 2.48 bits per heavy atom. The van der Waals surface area contributed by atoms with Gasteiger partial charge < -0.3 is 10.4 Å². The van der Waals surface area contributed by atoms with Crippen molar-refractivity contribution in [2.24, 2.45) is 0 Å². The lowest BCUT2D eigenvalue weighted by molar-refractivity contribution is -0.138. The first kappa shape index (κ1) is 14.9. The molecule has 0 aromatic heterocycles. The number of halogens is 3. The molecule has 2 aromatic carbocycles. The molecule has 0 heterocycles. The van der Waals surface area contributed by atoms with E-state index >= 15 is 0 Å². The lowest BCUT2D eigenvalue weighted by atomic mass is 10.1. The van der Waals surface area contributed by atoms with Gasteiger partial charge in [0, 0.05) is 12.2 Å². The zero-order valence-electron chi connectivity index (χ0n) is 10.8. The Labute approximate surface area is 119 Å². The van der Waals surface area contributed by atoms with Crippen LogP contribution in [0.4, 0.5) is 18.9 Å². The molecule has 0 saturated carbocycles. The number of rotatable bonds is 4. The maximum atomic E-state index is 12.8. The van der Waals surface area contributed by atoms with Crippen molar-refractivity contribution in [2.75, 3.05) is 5.32 Å². The van der Waals surface area contributed by atoms with Gasteiger partial charge in [-0.3, -0.25) is 0 Å². The summed E-state index contributed by atoms with van der Waals surface area (Å²) in [6.45, 7) is -0.0429. The van der Waals surface area contributed by atoms with Crippen LogP contribution < -0.4 is 5.32 Å². The molecule has 0 saturated heterocycles. The standard InChI is InChI=1S/C15H12F3NO2/c16-15(17,18)13-7-2-1-4-11(13)9-19-12-6-3-5-10(8-12)14(20)21/h1-8,19H,9H2,(H,20,21). The monoisotopic (exact) mass is 295 g/mol. The van der Waals surface area contributed by atoms with E-state index in [1.165, 1.54) is 36.4 Å². The second-order valence-corrected chi connectivity index (χ2v) is 4.39. The lowest BCUT2D eigenvalue weighted by Crippen LogP contribution is -2.11. The van der Waals surface area contributed by atoms with E-state index in [-0.39, 0.29) is 17.7 Å². The average molecular weight is 295 g/mol. The van der Waals surface area contributed by atoms with Crippen LogP contribution in [-0.4, -0.2) is 11.1 Å². The van der Waals surface area contributed by atoms with Gasteiger partial charge in [0.2, 0.25) is 0 Å². The highest BCUT2D eigenvalue weighted by Gasteiger charge is 2.32. The number of alkyl halides is 3.